The zero-order valence-electron chi connectivity index (χ0n) is 10.1. The third-order valence-corrected chi connectivity index (χ3v) is 3.79. The molecule has 0 aliphatic carbocycles. The highest BCUT2D eigenvalue weighted by Crippen LogP contribution is 2.26. The summed E-state index contributed by atoms with van der Waals surface area (Å²) in [5.74, 6) is 0. The summed E-state index contributed by atoms with van der Waals surface area (Å²) in [6.07, 6.45) is 2.95. The molecule has 0 amide bonds. The first-order valence-corrected chi connectivity index (χ1v) is 6.36. The third kappa shape index (κ3) is 2.20. The third-order valence-electron chi connectivity index (χ3n) is 3.36. The standard InChI is InChI=1S/C14H15ClNO.ClH/c1-10-6-8-16(14-12(15)7-9-17-14)13-5-3-2-4-11(10)13;/h2-6,8,12,14H,7,9H2,1H3;1H/q+1;/p-1. The number of benzene rings is 1. The minimum Gasteiger partial charge on any atom is -1.00 e. The lowest BCUT2D eigenvalue weighted by Crippen LogP contribution is -3.00. The molecule has 0 N–H and O–H groups in total. The predicted molar refractivity (Wildman–Crippen MR) is 68.1 cm³/mol. The van der Waals surface area contributed by atoms with E-state index in [1.165, 1.54) is 16.5 Å². The Kier molecular flexibility index (Phi) is 4.10. The molecule has 1 fully saturated rings. The summed E-state index contributed by atoms with van der Waals surface area (Å²) in [6, 6.07) is 10.5. The lowest BCUT2D eigenvalue weighted by atomic mass is 10.1. The van der Waals surface area contributed by atoms with Gasteiger partial charge in [0.05, 0.1) is 6.61 Å². The molecule has 0 radical (unpaired) electrons. The fraction of sp³-hybridized carbons (Fsp3) is 0.357. The highest BCUT2D eigenvalue weighted by atomic mass is 35.5. The van der Waals surface area contributed by atoms with Crippen molar-refractivity contribution in [1.29, 1.82) is 0 Å². The van der Waals surface area contributed by atoms with Gasteiger partial charge in [-0.05, 0) is 25.0 Å². The number of alkyl halides is 1. The second-order valence-corrected chi connectivity index (χ2v) is 5.05. The second kappa shape index (κ2) is 5.43. The molecular weight excluding hydrogens is 269 g/mol. The molecule has 2 unspecified atom stereocenters. The maximum absolute atomic E-state index is 6.31. The molecule has 1 aliphatic rings. The number of aromatic nitrogens is 1. The Morgan fingerprint density at radius 1 is 1.28 bits per heavy atom. The number of fused-ring (bicyclic) bond motifs is 1. The maximum atomic E-state index is 6.31. The van der Waals surface area contributed by atoms with E-state index in [-0.39, 0.29) is 24.0 Å². The van der Waals surface area contributed by atoms with E-state index in [1.54, 1.807) is 0 Å². The lowest BCUT2D eigenvalue weighted by molar-refractivity contribution is -0.734. The van der Waals surface area contributed by atoms with E-state index in [9.17, 15) is 0 Å². The van der Waals surface area contributed by atoms with E-state index in [2.05, 4.69) is 48.0 Å². The number of pyridine rings is 1. The van der Waals surface area contributed by atoms with Crippen molar-refractivity contribution in [2.75, 3.05) is 6.61 Å². The van der Waals surface area contributed by atoms with Gasteiger partial charge in [0.2, 0.25) is 5.52 Å². The molecule has 4 heteroatoms. The predicted octanol–water partition coefficient (Wildman–Crippen LogP) is -0.0340. The molecule has 2 nitrogen and oxygen atoms in total. The van der Waals surface area contributed by atoms with Crippen LogP contribution in [0.2, 0.25) is 0 Å². The number of hydrogen-bond acceptors (Lipinski definition) is 1. The largest absolute Gasteiger partial charge is 1.00 e. The van der Waals surface area contributed by atoms with Crippen LogP contribution in [-0.4, -0.2) is 12.0 Å². The average molecular weight is 284 g/mol. The van der Waals surface area contributed by atoms with Gasteiger partial charge in [0, 0.05) is 17.5 Å². The van der Waals surface area contributed by atoms with E-state index in [0.29, 0.717) is 0 Å². The van der Waals surface area contributed by atoms with Crippen LogP contribution >= 0.6 is 11.6 Å². The maximum Gasteiger partial charge on any atom is 0.279 e. The van der Waals surface area contributed by atoms with Crippen LogP contribution in [0, 0.1) is 6.92 Å². The van der Waals surface area contributed by atoms with Crippen LogP contribution < -0.4 is 17.0 Å². The number of ether oxygens (including phenoxy) is 1. The van der Waals surface area contributed by atoms with Gasteiger partial charge < -0.3 is 17.1 Å². The van der Waals surface area contributed by atoms with Crippen LogP contribution in [0.1, 0.15) is 18.2 Å². The highest BCUT2D eigenvalue weighted by Gasteiger charge is 2.35. The molecule has 1 aromatic carbocycles. The molecule has 18 heavy (non-hydrogen) atoms. The fourth-order valence-corrected chi connectivity index (χ4v) is 2.70. The number of hydrogen-bond donors (Lipinski definition) is 0. The Labute approximate surface area is 118 Å². The summed E-state index contributed by atoms with van der Waals surface area (Å²) >= 11 is 6.31. The Bertz CT molecular complexity index is 558. The Morgan fingerprint density at radius 2 is 2.06 bits per heavy atom. The van der Waals surface area contributed by atoms with Crippen molar-refractivity contribution in [2.45, 2.75) is 24.9 Å². The molecule has 3 rings (SSSR count). The van der Waals surface area contributed by atoms with Crippen molar-refractivity contribution in [2.24, 2.45) is 0 Å². The van der Waals surface area contributed by atoms with Crippen molar-refractivity contribution in [1.82, 2.24) is 0 Å². The summed E-state index contributed by atoms with van der Waals surface area (Å²) in [5, 5.41) is 1.32. The minimum absolute atomic E-state index is 0. The van der Waals surface area contributed by atoms with Gasteiger partial charge in [-0.15, -0.1) is 11.6 Å². The van der Waals surface area contributed by atoms with Gasteiger partial charge in [-0.1, -0.05) is 12.1 Å². The molecule has 1 aliphatic heterocycles. The zero-order valence-corrected chi connectivity index (χ0v) is 11.7. The lowest BCUT2D eigenvalue weighted by Gasteiger charge is -2.11. The quantitative estimate of drug-likeness (QED) is 0.529. The van der Waals surface area contributed by atoms with Gasteiger partial charge in [0.1, 0.15) is 5.38 Å². The van der Waals surface area contributed by atoms with Crippen LogP contribution in [0.3, 0.4) is 0 Å². The van der Waals surface area contributed by atoms with Crippen molar-refractivity contribution in [3.05, 3.63) is 42.1 Å². The van der Waals surface area contributed by atoms with Crippen LogP contribution in [-0.2, 0) is 4.74 Å². The van der Waals surface area contributed by atoms with Gasteiger partial charge >= 0.3 is 0 Å². The first-order valence-electron chi connectivity index (χ1n) is 5.92. The molecule has 2 heterocycles. The molecule has 2 aromatic rings. The molecule has 96 valence electrons. The SMILES string of the molecule is Cc1cc[n+](C2OCCC2Cl)c2ccccc12.[Cl-]. The summed E-state index contributed by atoms with van der Waals surface area (Å²) in [7, 11) is 0. The summed E-state index contributed by atoms with van der Waals surface area (Å²) in [5.41, 5.74) is 2.46. The van der Waals surface area contributed by atoms with E-state index >= 15 is 0 Å². The van der Waals surface area contributed by atoms with E-state index < -0.39 is 0 Å². The topological polar surface area (TPSA) is 13.1 Å². The van der Waals surface area contributed by atoms with E-state index in [4.69, 9.17) is 16.3 Å². The number of halogens is 2. The molecule has 2 atom stereocenters. The van der Waals surface area contributed by atoms with Crippen molar-refractivity contribution in [3.8, 4) is 0 Å². The van der Waals surface area contributed by atoms with Crippen LogP contribution in [0.5, 0.6) is 0 Å². The molecule has 1 aromatic heterocycles. The first-order chi connectivity index (χ1) is 8.27. The summed E-state index contributed by atoms with van der Waals surface area (Å²) in [4.78, 5) is 0. The summed E-state index contributed by atoms with van der Waals surface area (Å²) in [6.45, 7) is 2.87. The van der Waals surface area contributed by atoms with Gasteiger partial charge in [0.25, 0.3) is 6.23 Å². The summed E-state index contributed by atoms with van der Waals surface area (Å²) < 4.78 is 7.88. The van der Waals surface area contributed by atoms with Crippen LogP contribution in [0.15, 0.2) is 36.5 Å². The van der Waals surface area contributed by atoms with E-state index in [1.807, 2.05) is 0 Å². The minimum atomic E-state index is -0.0397. The van der Waals surface area contributed by atoms with Crippen molar-refractivity contribution < 1.29 is 21.7 Å². The van der Waals surface area contributed by atoms with Crippen molar-refractivity contribution >= 4 is 22.5 Å². The van der Waals surface area contributed by atoms with Gasteiger partial charge in [0.15, 0.2) is 6.20 Å². The smallest absolute Gasteiger partial charge is 0.279 e. The Hall–Kier alpha value is -0.830. The Morgan fingerprint density at radius 3 is 2.78 bits per heavy atom. The van der Waals surface area contributed by atoms with E-state index in [0.717, 1.165) is 13.0 Å². The number of rotatable bonds is 1. The average Bonchev–Trinajstić information content (AvgIpc) is 2.77. The Balaban J connectivity index is 0.00000120. The van der Waals surface area contributed by atoms with Gasteiger partial charge in [-0.25, -0.2) is 0 Å². The molecule has 0 spiro atoms. The van der Waals surface area contributed by atoms with Crippen molar-refractivity contribution in [3.63, 3.8) is 0 Å². The van der Waals surface area contributed by atoms with Gasteiger partial charge in [-0.2, -0.15) is 4.57 Å². The monoisotopic (exact) mass is 283 g/mol. The van der Waals surface area contributed by atoms with Crippen LogP contribution in [0.25, 0.3) is 10.9 Å². The zero-order chi connectivity index (χ0) is 11.8. The number of para-hydroxylation sites is 1. The van der Waals surface area contributed by atoms with Gasteiger partial charge in [-0.3, -0.25) is 0 Å². The first kappa shape index (κ1) is 13.6. The number of nitrogens with zero attached hydrogens (tertiary/aromatic N) is 1. The molecule has 0 saturated carbocycles. The molecular formula is C14H15Cl2NO. The van der Waals surface area contributed by atoms with Crippen LogP contribution in [0.4, 0.5) is 0 Å². The molecule has 0 bridgehead atoms. The molecule has 1 saturated heterocycles. The number of aryl methyl sites for hydroxylation is 1. The highest BCUT2D eigenvalue weighted by molar-refractivity contribution is 6.20. The fourth-order valence-electron chi connectivity index (χ4n) is 2.42. The second-order valence-electron chi connectivity index (χ2n) is 4.49. The normalized spacial score (nSPS) is 23.0.